The lowest BCUT2D eigenvalue weighted by Crippen LogP contribution is -2.26. The fourth-order valence-corrected chi connectivity index (χ4v) is 2.78. The maximum Gasteiger partial charge on any atom is 0.255 e. The zero-order valence-electron chi connectivity index (χ0n) is 12.5. The minimum absolute atomic E-state index is 0.0193. The summed E-state index contributed by atoms with van der Waals surface area (Å²) in [4.78, 5) is 15.3. The summed E-state index contributed by atoms with van der Waals surface area (Å²) < 4.78 is 5.33. The molecule has 1 amide bonds. The molecule has 4 heteroatoms. The Kier molecular flexibility index (Phi) is 5.28. The van der Waals surface area contributed by atoms with E-state index in [2.05, 4.69) is 0 Å². The first-order valence-corrected chi connectivity index (χ1v) is 7.90. The normalized spacial score (nSPS) is 10.2. The van der Waals surface area contributed by atoms with Crippen molar-refractivity contribution in [1.29, 1.82) is 0 Å². The number of para-hydroxylation sites is 1. The Labute approximate surface area is 129 Å². The van der Waals surface area contributed by atoms with E-state index in [1.54, 1.807) is 23.8 Å². The van der Waals surface area contributed by atoms with Crippen LogP contribution in [0.1, 0.15) is 15.9 Å². The van der Waals surface area contributed by atoms with Gasteiger partial charge in [-0.1, -0.05) is 30.3 Å². The van der Waals surface area contributed by atoms with E-state index in [9.17, 15) is 4.79 Å². The van der Waals surface area contributed by atoms with Crippen molar-refractivity contribution in [3.63, 3.8) is 0 Å². The molecule has 0 saturated carbocycles. The Morgan fingerprint density at radius 3 is 2.52 bits per heavy atom. The molecule has 3 nitrogen and oxygen atoms in total. The van der Waals surface area contributed by atoms with Crippen LogP contribution in [0.2, 0.25) is 0 Å². The van der Waals surface area contributed by atoms with Crippen molar-refractivity contribution >= 4 is 17.7 Å². The van der Waals surface area contributed by atoms with Crippen LogP contribution >= 0.6 is 11.8 Å². The van der Waals surface area contributed by atoms with Crippen LogP contribution < -0.4 is 4.74 Å². The molecule has 0 aliphatic heterocycles. The number of carbonyl (C=O) groups is 1. The topological polar surface area (TPSA) is 29.5 Å². The van der Waals surface area contributed by atoms with Crippen LogP contribution in [0.3, 0.4) is 0 Å². The number of thioether (sulfide) groups is 1. The van der Waals surface area contributed by atoms with Gasteiger partial charge in [0, 0.05) is 24.1 Å². The number of nitrogens with zero attached hydrogens (tertiary/aromatic N) is 1. The molecule has 0 spiro atoms. The molecule has 0 aromatic heterocycles. The number of ether oxygens (including phenoxy) is 1. The largest absolute Gasteiger partial charge is 0.496 e. The van der Waals surface area contributed by atoms with E-state index in [1.165, 1.54) is 0 Å². The van der Waals surface area contributed by atoms with Crippen LogP contribution in [-0.4, -0.2) is 31.2 Å². The Bertz CT molecular complexity index is 628. The lowest BCUT2D eigenvalue weighted by molar-refractivity contribution is 0.0781. The molecule has 0 saturated heterocycles. The van der Waals surface area contributed by atoms with Crippen molar-refractivity contribution in [2.45, 2.75) is 11.4 Å². The molecule has 0 N–H and O–H groups in total. The van der Waals surface area contributed by atoms with Crippen LogP contribution in [0.25, 0.3) is 0 Å². The van der Waals surface area contributed by atoms with Gasteiger partial charge in [0.1, 0.15) is 5.75 Å². The molecule has 0 bridgehead atoms. The lowest BCUT2D eigenvalue weighted by atomic mass is 10.1. The molecule has 2 aromatic rings. The fourth-order valence-electron chi connectivity index (χ4n) is 2.19. The lowest BCUT2D eigenvalue weighted by Gasteiger charge is -2.20. The molecule has 0 aliphatic carbocycles. The van der Waals surface area contributed by atoms with Crippen LogP contribution in [0.5, 0.6) is 5.75 Å². The number of methoxy groups -OCH3 is 1. The molecule has 0 unspecified atom stereocenters. The summed E-state index contributed by atoms with van der Waals surface area (Å²) in [6.07, 6.45) is 1.98. The highest BCUT2D eigenvalue weighted by Gasteiger charge is 2.16. The van der Waals surface area contributed by atoms with Crippen LogP contribution in [0, 0.1) is 0 Å². The maximum absolute atomic E-state index is 12.6. The summed E-state index contributed by atoms with van der Waals surface area (Å²) in [5, 5.41) is 0. The summed E-state index contributed by atoms with van der Waals surface area (Å²) in [6, 6.07) is 15.4. The molecular formula is C17H19NO2S. The molecule has 0 aliphatic rings. The zero-order valence-corrected chi connectivity index (χ0v) is 13.3. The van der Waals surface area contributed by atoms with E-state index < -0.39 is 0 Å². The summed E-state index contributed by atoms with van der Waals surface area (Å²) in [6.45, 7) is 0.519. The van der Waals surface area contributed by atoms with E-state index in [0.29, 0.717) is 6.54 Å². The first-order valence-electron chi connectivity index (χ1n) is 6.67. The van der Waals surface area contributed by atoms with Crippen molar-refractivity contribution in [2.75, 3.05) is 20.4 Å². The zero-order chi connectivity index (χ0) is 15.2. The highest BCUT2D eigenvalue weighted by atomic mass is 32.2. The third kappa shape index (κ3) is 3.58. The summed E-state index contributed by atoms with van der Waals surface area (Å²) in [7, 11) is 3.45. The van der Waals surface area contributed by atoms with Gasteiger partial charge in [0.2, 0.25) is 0 Å². The Morgan fingerprint density at radius 2 is 1.81 bits per heavy atom. The average Bonchev–Trinajstić information content (AvgIpc) is 2.54. The SMILES string of the molecule is COc1ccccc1CN(C)C(=O)c1ccccc1SC. The molecule has 110 valence electrons. The Hall–Kier alpha value is -1.94. The van der Waals surface area contributed by atoms with Crippen molar-refractivity contribution in [3.8, 4) is 5.75 Å². The highest BCUT2D eigenvalue weighted by Crippen LogP contribution is 2.23. The Balaban J connectivity index is 2.20. The van der Waals surface area contributed by atoms with Gasteiger partial charge in [-0.2, -0.15) is 0 Å². The monoisotopic (exact) mass is 301 g/mol. The predicted molar refractivity (Wildman–Crippen MR) is 87.0 cm³/mol. The van der Waals surface area contributed by atoms with Gasteiger partial charge in [0.15, 0.2) is 0 Å². The predicted octanol–water partition coefficient (Wildman–Crippen LogP) is 3.69. The molecule has 0 atom stereocenters. The summed E-state index contributed by atoms with van der Waals surface area (Å²) in [5.41, 5.74) is 1.74. The number of amides is 1. The molecule has 0 fully saturated rings. The smallest absolute Gasteiger partial charge is 0.255 e. The van der Waals surface area contributed by atoms with Crippen LogP contribution in [0.15, 0.2) is 53.4 Å². The van der Waals surface area contributed by atoms with Crippen molar-refractivity contribution in [2.24, 2.45) is 0 Å². The van der Waals surface area contributed by atoms with E-state index in [-0.39, 0.29) is 5.91 Å². The second-order valence-corrected chi connectivity index (χ2v) is 5.52. The third-order valence-electron chi connectivity index (χ3n) is 3.28. The van der Waals surface area contributed by atoms with Gasteiger partial charge in [-0.05, 0) is 24.5 Å². The van der Waals surface area contributed by atoms with Gasteiger partial charge in [-0.15, -0.1) is 11.8 Å². The van der Waals surface area contributed by atoms with Gasteiger partial charge in [0.05, 0.1) is 12.7 Å². The molecule has 2 rings (SSSR count). The number of hydrogen-bond acceptors (Lipinski definition) is 3. The van der Waals surface area contributed by atoms with Gasteiger partial charge < -0.3 is 9.64 Å². The van der Waals surface area contributed by atoms with Crippen molar-refractivity contribution in [3.05, 3.63) is 59.7 Å². The quantitative estimate of drug-likeness (QED) is 0.789. The molecule has 2 aromatic carbocycles. The van der Waals surface area contributed by atoms with Gasteiger partial charge in [0.25, 0.3) is 5.91 Å². The van der Waals surface area contributed by atoms with Gasteiger partial charge in [-0.3, -0.25) is 4.79 Å². The number of rotatable bonds is 5. The number of carbonyl (C=O) groups excluding carboxylic acids is 1. The van der Waals surface area contributed by atoms with Gasteiger partial charge in [-0.25, -0.2) is 0 Å². The maximum atomic E-state index is 12.6. The van der Waals surface area contributed by atoms with Gasteiger partial charge >= 0.3 is 0 Å². The van der Waals surface area contributed by atoms with E-state index in [0.717, 1.165) is 21.8 Å². The van der Waals surface area contributed by atoms with Crippen molar-refractivity contribution in [1.82, 2.24) is 4.90 Å². The van der Waals surface area contributed by atoms with E-state index in [1.807, 2.05) is 61.8 Å². The summed E-state index contributed by atoms with van der Waals surface area (Å²) in [5.74, 6) is 0.821. The average molecular weight is 301 g/mol. The second kappa shape index (κ2) is 7.18. The van der Waals surface area contributed by atoms with Crippen molar-refractivity contribution < 1.29 is 9.53 Å². The summed E-state index contributed by atoms with van der Waals surface area (Å²) >= 11 is 1.58. The first-order chi connectivity index (χ1) is 10.2. The fraction of sp³-hybridized carbons (Fsp3) is 0.235. The molecule has 0 heterocycles. The molecular weight excluding hydrogens is 282 g/mol. The standard InChI is InChI=1S/C17H19NO2S/c1-18(12-13-8-4-6-10-15(13)20-2)17(19)14-9-5-7-11-16(14)21-3/h4-11H,12H2,1-3H3. The number of hydrogen-bond donors (Lipinski definition) is 0. The van der Waals surface area contributed by atoms with Crippen LogP contribution in [0.4, 0.5) is 0 Å². The number of benzene rings is 2. The second-order valence-electron chi connectivity index (χ2n) is 4.67. The Morgan fingerprint density at radius 1 is 1.14 bits per heavy atom. The first kappa shape index (κ1) is 15.4. The minimum atomic E-state index is 0.0193. The highest BCUT2D eigenvalue weighted by molar-refractivity contribution is 7.98. The van der Waals surface area contributed by atoms with E-state index >= 15 is 0 Å². The third-order valence-corrected chi connectivity index (χ3v) is 4.08. The van der Waals surface area contributed by atoms with E-state index in [4.69, 9.17) is 4.74 Å². The molecule has 21 heavy (non-hydrogen) atoms. The minimum Gasteiger partial charge on any atom is -0.496 e. The van der Waals surface area contributed by atoms with Crippen LogP contribution in [-0.2, 0) is 6.54 Å². The molecule has 0 radical (unpaired) electrons.